The second-order valence-corrected chi connectivity index (χ2v) is 9.72. The highest BCUT2D eigenvalue weighted by atomic mass is 16.6. The number of ether oxygens (including phenoxy) is 7. The molecular weight excluding hydrogens is 608 g/mol. The van der Waals surface area contributed by atoms with E-state index in [1.807, 2.05) is 0 Å². The highest BCUT2D eigenvalue weighted by molar-refractivity contribution is 5.92. The summed E-state index contributed by atoms with van der Waals surface area (Å²) in [6.07, 6.45) is 4.90. The maximum atomic E-state index is 12.8. The molecule has 0 spiro atoms. The fraction of sp³-hybridized carbons (Fsp3) is 0.278. The third-order valence-corrected chi connectivity index (χ3v) is 6.25. The fourth-order valence-electron chi connectivity index (χ4n) is 3.86. The van der Waals surface area contributed by atoms with Crippen molar-refractivity contribution in [3.05, 3.63) is 103 Å². The topological polar surface area (TPSA) is 133 Å². The SMILES string of the molecule is C=CC(=O)OCCCCOc1ccc(C(=O)Oc2ccc(OC(=O)c3ccc(OCCCCOC(=O)C=C)cc3)c(OCC)c2)cc1. The summed E-state index contributed by atoms with van der Waals surface area (Å²) >= 11 is 0. The van der Waals surface area contributed by atoms with Crippen LogP contribution in [0.15, 0.2) is 92.0 Å². The molecule has 0 aromatic heterocycles. The van der Waals surface area contributed by atoms with Crippen LogP contribution < -0.4 is 23.7 Å². The average molecular weight is 647 g/mol. The molecule has 3 rings (SSSR count). The second kappa shape index (κ2) is 19.7. The third kappa shape index (κ3) is 12.7. The van der Waals surface area contributed by atoms with E-state index in [2.05, 4.69) is 13.2 Å². The van der Waals surface area contributed by atoms with Crippen molar-refractivity contribution in [2.45, 2.75) is 32.6 Å². The molecule has 0 saturated carbocycles. The van der Waals surface area contributed by atoms with Crippen molar-refractivity contribution in [3.8, 4) is 28.7 Å². The molecule has 0 unspecified atom stereocenters. The molecule has 0 aliphatic carbocycles. The van der Waals surface area contributed by atoms with Crippen molar-refractivity contribution in [1.29, 1.82) is 0 Å². The Morgan fingerprint density at radius 3 is 1.47 bits per heavy atom. The minimum Gasteiger partial charge on any atom is -0.494 e. The molecule has 0 aliphatic rings. The van der Waals surface area contributed by atoms with Crippen molar-refractivity contribution in [2.75, 3.05) is 33.0 Å². The summed E-state index contributed by atoms with van der Waals surface area (Å²) in [6.45, 7) is 10.2. The van der Waals surface area contributed by atoms with Crippen molar-refractivity contribution in [1.82, 2.24) is 0 Å². The van der Waals surface area contributed by atoms with Gasteiger partial charge in [-0.25, -0.2) is 19.2 Å². The molecule has 0 atom stereocenters. The number of unbranched alkanes of at least 4 members (excludes halogenated alkanes) is 2. The van der Waals surface area contributed by atoms with E-state index < -0.39 is 23.9 Å². The van der Waals surface area contributed by atoms with Gasteiger partial charge in [0, 0.05) is 18.2 Å². The molecule has 0 heterocycles. The monoisotopic (exact) mass is 646 g/mol. The van der Waals surface area contributed by atoms with Crippen molar-refractivity contribution in [3.63, 3.8) is 0 Å². The number of carbonyl (C=O) groups excluding carboxylic acids is 4. The summed E-state index contributed by atoms with van der Waals surface area (Å²) in [5.41, 5.74) is 0.608. The van der Waals surface area contributed by atoms with Crippen molar-refractivity contribution >= 4 is 23.9 Å². The molecule has 3 aromatic rings. The van der Waals surface area contributed by atoms with Crippen molar-refractivity contribution < 1.29 is 52.3 Å². The Morgan fingerprint density at radius 2 is 1.00 bits per heavy atom. The van der Waals surface area contributed by atoms with Crippen LogP contribution in [-0.4, -0.2) is 56.9 Å². The molecule has 11 heteroatoms. The first-order valence-electron chi connectivity index (χ1n) is 15.1. The molecule has 248 valence electrons. The number of esters is 4. The summed E-state index contributed by atoms with van der Waals surface area (Å²) in [7, 11) is 0. The molecule has 0 N–H and O–H groups in total. The zero-order valence-corrected chi connectivity index (χ0v) is 26.3. The van der Waals surface area contributed by atoms with Crippen LogP contribution >= 0.6 is 0 Å². The Morgan fingerprint density at radius 1 is 0.553 bits per heavy atom. The third-order valence-electron chi connectivity index (χ3n) is 6.25. The summed E-state index contributed by atoms with van der Waals surface area (Å²) in [5.74, 6) is -0.356. The van der Waals surface area contributed by atoms with Gasteiger partial charge < -0.3 is 33.2 Å². The van der Waals surface area contributed by atoms with E-state index in [0.29, 0.717) is 68.1 Å². The lowest BCUT2D eigenvalue weighted by Gasteiger charge is -2.13. The van der Waals surface area contributed by atoms with E-state index in [1.165, 1.54) is 18.2 Å². The second-order valence-electron chi connectivity index (χ2n) is 9.72. The number of hydrogen-bond donors (Lipinski definition) is 0. The number of rotatable bonds is 20. The quantitative estimate of drug-likeness (QED) is 0.0593. The van der Waals surface area contributed by atoms with E-state index in [9.17, 15) is 19.2 Å². The highest BCUT2D eigenvalue weighted by Crippen LogP contribution is 2.33. The molecule has 3 aromatic carbocycles. The summed E-state index contributed by atoms with van der Waals surface area (Å²) in [6, 6.07) is 17.4. The molecular formula is C36H38O11. The molecule has 11 nitrogen and oxygen atoms in total. The van der Waals surface area contributed by atoms with Gasteiger partial charge in [-0.2, -0.15) is 0 Å². The molecule has 0 aliphatic heterocycles. The lowest BCUT2D eigenvalue weighted by atomic mass is 10.2. The molecule has 0 bridgehead atoms. The van der Waals surface area contributed by atoms with Gasteiger partial charge >= 0.3 is 23.9 Å². The number of hydrogen-bond acceptors (Lipinski definition) is 11. The minimum absolute atomic E-state index is 0.162. The maximum absolute atomic E-state index is 12.8. The van der Waals surface area contributed by atoms with Gasteiger partial charge in [0.15, 0.2) is 11.5 Å². The van der Waals surface area contributed by atoms with Gasteiger partial charge in [-0.05, 0) is 93.3 Å². The van der Waals surface area contributed by atoms with Gasteiger partial charge in [0.1, 0.15) is 17.2 Å². The van der Waals surface area contributed by atoms with Gasteiger partial charge in [-0.3, -0.25) is 0 Å². The zero-order chi connectivity index (χ0) is 33.9. The van der Waals surface area contributed by atoms with Crippen molar-refractivity contribution in [2.24, 2.45) is 0 Å². The number of carbonyl (C=O) groups is 4. The lowest BCUT2D eigenvalue weighted by Crippen LogP contribution is -2.11. The fourth-order valence-corrected chi connectivity index (χ4v) is 3.86. The average Bonchev–Trinajstić information content (AvgIpc) is 3.09. The predicted octanol–water partition coefficient (Wildman–Crippen LogP) is 6.30. The Labute approximate surface area is 273 Å². The smallest absolute Gasteiger partial charge is 0.343 e. The van der Waals surface area contributed by atoms with Crippen LogP contribution in [0.2, 0.25) is 0 Å². The first-order valence-corrected chi connectivity index (χ1v) is 15.1. The Balaban J connectivity index is 1.48. The van der Waals surface area contributed by atoms with E-state index in [0.717, 1.165) is 12.2 Å². The Hall–Kier alpha value is -5.58. The Kier molecular flexibility index (Phi) is 15.1. The molecule has 0 radical (unpaired) electrons. The maximum Gasteiger partial charge on any atom is 0.343 e. The molecule has 0 saturated heterocycles. The van der Waals surface area contributed by atoms with Crippen LogP contribution in [0.3, 0.4) is 0 Å². The van der Waals surface area contributed by atoms with Gasteiger partial charge in [-0.1, -0.05) is 13.2 Å². The first-order chi connectivity index (χ1) is 22.8. The molecule has 0 fully saturated rings. The zero-order valence-electron chi connectivity index (χ0n) is 26.3. The Bertz CT molecular complexity index is 1490. The van der Waals surface area contributed by atoms with Gasteiger partial charge in [-0.15, -0.1) is 0 Å². The van der Waals surface area contributed by atoms with Crippen LogP contribution in [0.1, 0.15) is 53.3 Å². The largest absolute Gasteiger partial charge is 0.494 e. The predicted molar refractivity (Wildman–Crippen MR) is 172 cm³/mol. The van der Waals surface area contributed by atoms with Gasteiger partial charge in [0.2, 0.25) is 0 Å². The normalized spacial score (nSPS) is 10.2. The van der Waals surface area contributed by atoms with E-state index in [1.54, 1.807) is 55.5 Å². The highest BCUT2D eigenvalue weighted by Gasteiger charge is 2.16. The van der Waals surface area contributed by atoms with Crippen LogP contribution in [-0.2, 0) is 19.1 Å². The van der Waals surface area contributed by atoms with E-state index >= 15 is 0 Å². The number of benzene rings is 3. The van der Waals surface area contributed by atoms with E-state index in [-0.39, 0.29) is 30.5 Å². The molecule has 47 heavy (non-hydrogen) atoms. The van der Waals surface area contributed by atoms with Gasteiger partial charge in [0.25, 0.3) is 0 Å². The van der Waals surface area contributed by atoms with Crippen LogP contribution in [0.4, 0.5) is 0 Å². The summed E-state index contributed by atoms with van der Waals surface area (Å²) in [5, 5.41) is 0. The van der Waals surface area contributed by atoms with Crippen LogP contribution in [0, 0.1) is 0 Å². The summed E-state index contributed by atoms with van der Waals surface area (Å²) < 4.78 is 37.9. The van der Waals surface area contributed by atoms with Crippen LogP contribution in [0.5, 0.6) is 28.7 Å². The standard InChI is InChI=1S/C36H38O11/c1-4-33(37)44-23-9-7-21-42-28-15-11-26(12-16-28)35(39)46-30-19-20-31(32(25-30)41-6-3)47-36(40)27-13-17-29(18-14-27)43-22-8-10-24-45-34(38)5-2/h4-5,11-20,25H,1-2,6-10,21-24H2,3H3. The summed E-state index contributed by atoms with van der Waals surface area (Å²) in [4.78, 5) is 47.7. The van der Waals surface area contributed by atoms with E-state index in [4.69, 9.17) is 33.2 Å². The molecule has 0 amide bonds. The lowest BCUT2D eigenvalue weighted by molar-refractivity contribution is -0.138. The minimum atomic E-state index is -0.607. The van der Waals surface area contributed by atoms with Gasteiger partial charge in [0.05, 0.1) is 44.2 Å². The van der Waals surface area contributed by atoms with Crippen LogP contribution in [0.25, 0.3) is 0 Å². The first kappa shape index (κ1) is 35.9.